The Morgan fingerprint density at radius 3 is 2.50 bits per heavy atom. The van der Waals surface area contributed by atoms with Crippen molar-refractivity contribution in [2.45, 2.75) is 31.7 Å². The Balaban J connectivity index is 3.33. The lowest BCUT2D eigenvalue weighted by Gasteiger charge is -2.26. The Morgan fingerprint density at radius 1 is 1.40 bits per heavy atom. The molecule has 0 aromatic heterocycles. The highest BCUT2D eigenvalue weighted by Gasteiger charge is 2.30. The summed E-state index contributed by atoms with van der Waals surface area (Å²) in [5, 5.41) is 0. The van der Waals surface area contributed by atoms with E-state index in [0.29, 0.717) is 0 Å². The number of methoxy groups -OCH3 is 1. The van der Waals surface area contributed by atoms with Crippen molar-refractivity contribution < 1.29 is 17.5 Å². The molecule has 2 N–H and O–H groups in total. The van der Waals surface area contributed by atoms with Gasteiger partial charge in [0.2, 0.25) is 10.0 Å². The normalized spacial score (nSPS) is 12.3. The van der Waals surface area contributed by atoms with Gasteiger partial charge in [-0.25, -0.2) is 12.8 Å². The first-order valence-corrected chi connectivity index (χ1v) is 7.72. The number of hydrogen-bond donors (Lipinski definition) is 1. The van der Waals surface area contributed by atoms with Gasteiger partial charge in [-0.05, 0) is 38.5 Å². The number of benzene rings is 1. The molecule has 1 rings (SSSR count). The lowest BCUT2D eigenvalue weighted by atomic mass is 10.2. The second-order valence-corrected chi connectivity index (χ2v) is 6.71. The predicted molar refractivity (Wildman–Crippen MR) is 76.5 cm³/mol. The molecule has 0 saturated heterocycles. The van der Waals surface area contributed by atoms with Crippen molar-refractivity contribution in [2.24, 2.45) is 0 Å². The van der Waals surface area contributed by atoms with Crippen LogP contribution in [0.15, 0.2) is 17.0 Å². The third-order valence-corrected chi connectivity index (χ3v) is 5.00. The number of nitrogens with zero attached hydrogens (tertiary/aromatic N) is 1. The van der Waals surface area contributed by atoms with E-state index >= 15 is 0 Å². The van der Waals surface area contributed by atoms with Crippen LogP contribution >= 0.6 is 0 Å². The summed E-state index contributed by atoms with van der Waals surface area (Å²) in [6, 6.07) is 2.25. The smallest absolute Gasteiger partial charge is 0.246 e. The van der Waals surface area contributed by atoms with Crippen LogP contribution in [0.1, 0.15) is 19.4 Å². The molecule has 7 heteroatoms. The van der Waals surface area contributed by atoms with Gasteiger partial charge in [0.15, 0.2) is 0 Å². The average molecular weight is 304 g/mol. The fourth-order valence-corrected chi connectivity index (χ4v) is 3.71. The third kappa shape index (κ3) is 3.47. The van der Waals surface area contributed by atoms with Crippen LogP contribution in [0.5, 0.6) is 0 Å². The first-order chi connectivity index (χ1) is 9.21. The zero-order valence-electron chi connectivity index (χ0n) is 12.2. The molecule has 0 radical (unpaired) electrons. The number of hydrogen-bond acceptors (Lipinski definition) is 4. The quantitative estimate of drug-likeness (QED) is 0.813. The van der Waals surface area contributed by atoms with E-state index in [9.17, 15) is 12.8 Å². The molecule has 0 bridgehead atoms. The summed E-state index contributed by atoms with van der Waals surface area (Å²) in [6.45, 7) is 5.33. The van der Waals surface area contributed by atoms with Crippen molar-refractivity contribution in [1.82, 2.24) is 4.31 Å². The van der Waals surface area contributed by atoms with E-state index in [1.807, 2.05) is 0 Å². The summed E-state index contributed by atoms with van der Waals surface area (Å²) in [5.74, 6) is -0.762. The van der Waals surface area contributed by atoms with Gasteiger partial charge in [-0.1, -0.05) is 0 Å². The van der Waals surface area contributed by atoms with E-state index < -0.39 is 15.8 Å². The average Bonchev–Trinajstić information content (AvgIpc) is 2.33. The highest BCUT2D eigenvalue weighted by Crippen LogP contribution is 2.25. The fraction of sp³-hybridized carbons (Fsp3) is 0.538. The van der Waals surface area contributed by atoms with Crippen molar-refractivity contribution in [3.63, 3.8) is 0 Å². The van der Waals surface area contributed by atoms with Crippen LogP contribution in [0.3, 0.4) is 0 Å². The van der Waals surface area contributed by atoms with Gasteiger partial charge >= 0.3 is 0 Å². The Hall–Kier alpha value is -1.18. The summed E-state index contributed by atoms with van der Waals surface area (Å²) in [7, 11) is -2.47. The Kier molecular flexibility index (Phi) is 5.50. The van der Waals surface area contributed by atoms with Gasteiger partial charge < -0.3 is 10.5 Å². The van der Waals surface area contributed by atoms with E-state index in [4.69, 9.17) is 10.5 Å². The van der Waals surface area contributed by atoms with Crippen molar-refractivity contribution in [1.29, 1.82) is 0 Å². The molecule has 0 amide bonds. The van der Waals surface area contributed by atoms with Crippen molar-refractivity contribution in [3.05, 3.63) is 23.5 Å². The van der Waals surface area contributed by atoms with Crippen LogP contribution in [0.4, 0.5) is 10.1 Å². The summed E-state index contributed by atoms with van der Waals surface area (Å²) in [5.41, 5.74) is 6.05. The Morgan fingerprint density at radius 2 is 2.00 bits per heavy atom. The molecule has 0 aliphatic rings. The number of halogens is 1. The SMILES string of the molecule is COCCN(C(C)C)S(=O)(=O)c1cc(N)cc(C)c1F. The standard InChI is InChI=1S/C13H21FN2O3S/c1-9(2)16(5-6-19-4)20(17,18)12-8-11(15)7-10(3)13(12)14/h7-9H,5-6,15H2,1-4H3. The first-order valence-electron chi connectivity index (χ1n) is 6.28. The van der Waals surface area contributed by atoms with E-state index in [1.165, 1.54) is 24.4 Å². The maximum atomic E-state index is 14.1. The highest BCUT2D eigenvalue weighted by atomic mass is 32.2. The molecule has 114 valence electrons. The minimum atomic E-state index is -3.95. The number of nitrogens with two attached hydrogens (primary N) is 1. The molecule has 1 aromatic rings. The third-order valence-electron chi connectivity index (χ3n) is 2.92. The van der Waals surface area contributed by atoms with Crippen molar-refractivity contribution in [2.75, 3.05) is 26.0 Å². The van der Waals surface area contributed by atoms with E-state index in [-0.39, 0.29) is 35.3 Å². The van der Waals surface area contributed by atoms with Gasteiger partial charge in [0.05, 0.1) is 6.61 Å². The van der Waals surface area contributed by atoms with Crippen LogP contribution in [-0.2, 0) is 14.8 Å². The number of ether oxygens (including phenoxy) is 1. The second-order valence-electron chi connectivity index (χ2n) is 4.85. The molecular weight excluding hydrogens is 283 g/mol. The molecule has 0 aliphatic carbocycles. The largest absolute Gasteiger partial charge is 0.399 e. The summed E-state index contributed by atoms with van der Waals surface area (Å²) < 4.78 is 45.4. The van der Waals surface area contributed by atoms with Gasteiger partial charge in [-0.15, -0.1) is 0 Å². The summed E-state index contributed by atoms with van der Waals surface area (Å²) >= 11 is 0. The number of anilines is 1. The van der Waals surface area contributed by atoms with Crippen LogP contribution in [0.2, 0.25) is 0 Å². The molecule has 0 aliphatic heterocycles. The van der Waals surface area contributed by atoms with Crippen LogP contribution in [0, 0.1) is 12.7 Å². The van der Waals surface area contributed by atoms with Crippen molar-refractivity contribution in [3.8, 4) is 0 Å². The molecule has 5 nitrogen and oxygen atoms in total. The zero-order valence-corrected chi connectivity index (χ0v) is 13.0. The first kappa shape index (κ1) is 16.9. The summed E-state index contributed by atoms with van der Waals surface area (Å²) in [6.07, 6.45) is 0. The van der Waals surface area contributed by atoms with Gasteiger partial charge in [0.25, 0.3) is 0 Å². The topological polar surface area (TPSA) is 72.6 Å². The van der Waals surface area contributed by atoms with Gasteiger partial charge in [-0.3, -0.25) is 0 Å². The van der Waals surface area contributed by atoms with Gasteiger partial charge in [0.1, 0.15) is 10.7 Å². The van der Waals surface area contributed by atoms with Gasteiger partial charge in [-0.2, -0.15) is 4.31 Å². The molecule has 0 atom stereocenters. The highest BCUT2D eigenvalue weighted by molar-refractivity contribution is 7.89. The number of rotatable bonds is 6. The lowest BCUT2D eigenvalue weighted by molar-refractivity contribution is 0.170. The molecule has 0 unspecified atom stereocenters. The molecule has 0 heterocycles. The molecule has 1 aromatic carbocycles. The fourth-order valence-electron chi connectivity index (χ4n) is 1.92. The van der Waals surface area contributed by atoms with E-state index in [2.05, 4.69) is 0 Å². The second kappa shape index (κ2) is 6.51. The number of aryl methyl sites for hydroxylation is 1. The van der Waals surface area contributed by atoms with Crippen LogP contribution in [-0.4, -0.2) is 39.0 Å². The minimum absolute atomic E-state index is 0.157. The van der Waals surface area contributed by atoms with E-state index in [1.54, 1.807) is 13.8 Å². The molecule has 0 saturated carbocycles. The van der Waals surface area contributed by atoms with Crippen LogP contribution < -0.4 is 5.73 Å². The maximum Gasteiger partial charge on any atom is 0.246 e. The molecule has 0 spiro atoms. The molecule has 0 fully saturated rings. The number of sulfonamides is 1. The lowest BCUT2D eigenvalue weighted by Crippen LogP contribution is -2.39. The minimum Gasteiger partial charge on any atom is -0.399 e. The monoisotopic (exact) mass is 304 g/mol. The Bertz CT molecular complexity index is 573. The van der Waals surface area contributed by atoms with Crippen LogP contribution in [0.25, 0.3) is 0 Å². The predicted octanol–water partition coefficient (Wildman–Crippen LogP) is 1.76. The molecule has 20 heavy (non-hydrogen) atoms. The molecular formula is C13H21FN2O3S. The summed E-state index contributed by atoms with van der Waals surface area (Å²) in [4.78, 5) is -0.389. The van der Waals surface area contributed by atoms with Gasteiger partial charge in [0, 0.05) is 25.4 Å². The van der Waals surface area contributed by atoms with Crippen molar-refractivity contribution >= 4 is 15.7 Å². The Labute approximate surface area is 119 Å². The maximum absolute atomic E-state index is 14.1. The zero-order chi connectivity index (χ0) is 15.5. The van der Waals surface area contributed by atoms with E-state index in [0.717, 1.165) is 6.07 Å². The number of nitrogen functional groups attached to an aromatic ring is 1.